The van der Waals surface area contributed by atoms with E-state index >= 15 is 0 Å². The standard InChI is InChI=1S/C77H132O6/c1-4-7-10-13-16-19-22-25-28-31-34-36-38-40-43-46-49-52-55-58-61-64-67-70-76(79)82-73-74(72-81-75(78)69-66-63-60-57-54-51-48-45-42-33-30-27-24-21-18-15-12-9-6-3)83-77(80)71-68-65-62-59-56-53-50-47-44-41-39-37-35-32-29-26-23-20-17-14-11-8-5-2/h9,12,18,21-23,25-27,30-32,34-35,38,40,42,45,74H,4-8,10-11,13-17,19-20,24,28-29,33,36-37,39,41,43-44,46-73H2,1-3H3/b12-9-,21-18-,25-22-,26-23-,30-27-,34-31-,35-32-,40-38-,45-42-. The summed E-state index contributed by atoms with van der Waals surface area (Å²) in [7, 11) is 0. The Bertz CT molecular complexity index is 1660. The Balaban J connectivity index is 4.42. The van der Waals surface area contributed by atoms with Gasteiger partial charge in [-0.05, 0) is 128 Å². The molecule has 0 saturated carbocycles. The second kappa shape index (κ2) is 70.6. The molecule has 476 valence electrons. The summed E-state index contributed by atoms with van der Waals surface area (Å²) in [4.78, 5) is 38.5. The topological polar surface area (TPSA) is 78.9 Å². The lowest BCUT2D eigenvalue weighted by Gasteiger charge is -2.18. The summed E-state index contributed by atoms with van der Waals surface area (Å²) in [5.41, 5.74) is 0. The van der Waals surface area contributed by atoms with Gasteiger partial charge in [-0.25, -0.2) is 0 Å². The van der Waals surface area contributed by atoms with E-state index in [9.17, 15) is 14.4 Å². The SMILES string of the molecule is CC/C=C\C/C=C\C/C=C\C/C=C\CCCCCCCCC(=O)OCC(COC(=O)CCCCCCCCCC/C=C\C/C=C\C/C=C\CCCCCCC)OC(=O)CCCCCCCCCCCCC/C=C\C/C=C\CCCCCCC. The molecule has 0 bridgehead atoms. The van der Waals surface area contributed by atoms with Crippen LogP contribution >= 0.6 is 0 Å². The zero-order valence-corrected chi connectivity index (χ0v) is 54.7. The van der Waals surface area contributed by atoms with Crippen LogP contribution in [0.1, 0.15) is 342 Å². The van der Waals surface area contributed by atoms with Gasteiger partial charge < -0.3 is 14.2 Å². The molecule has 0 saturated heterocycles. The normalized spacial score (nSPS) is 12.8. The van der Waals surface area contributed by atoms with Gasteiger partial charge in [0, 0.05) is 19.3 Å². The van der Waals surface area contributed by atoms with Crippen LogP contribution in [0.2, 0.25) is 0 Å². The van der Waals surface area contributed by atoms with E-state index < -0.39 is 6.10 Å². The minimum Gasteiger partial charge on any atom is -0.462 e. The lowest BCUT2D eigenvalue weighted by Crippen LogP contribution is -2.30. The van der Waals surface area contributed by atoms with Gasteiger partial charge in [0.2, 0.25) is 0 Å². The molecule has 6 nitrogen and oxygen atoms in total. The maximum absolute atomic E-state index is 13.0. The van der Waals surface area contributed by atoms with Gasteiger partial charge in [0.25, 0.3) is 0 Å². The van der Waals surface area contributed by atoms with Crippen LogP contribution in [-0.2, 0) is 28.6 Å². The fourth-order valence-corrected chi connectivity index (χ4v) is 9.94. The van der Waals surface area contributed by atoms with Crippen LogP contribution in [0.25, 0.3) is 0 Å². The third-order valence-electron chi connectivity index (χ3n) is 15.2. The fraction of sp³-hybridized carbons (Fsp3) is 0.727. The Hall–Kier alpha value is -3.93. The van der Waals surface area contributed by atoms with Gasteiger partial charge in [0.15, 0.2) is 6.10 Å². The Kier molecular flexibility index (Phi) is 67.2. The van der Waals surface area contributed by atoms with E-state index in [1.54, 1.807) is 0 Å². The highest BCUT2D eigenvalue weighted by Gasteiger charge is 2.19. The molecule has 0 aliphatic heterocycles. The maximum atomic E-state index is 13.0. The molecule has 1 atom stereocenters. The first kappa shape index (κ1) is 79.1. The number of ether oxygens (including phenoxy) is 3. The molecule has 6 heteroatoms. The van der Waals surface area contributed by atoms with Gasteiger partial charge in [-0.3, -0.25) is 14.4 Å². The highest BCUT2D eigenvalue weighted by molar-refractivity contribution is 5.71. The predicted octanol–water partition coefficient (Wildman–Crippen LogP) is 24.6. The summed E-state index contributed by atoms with van der Waals surface area (Å²) < 4.78 is 17.0. The van der Waals surface area contributed by atoms with Crippen molar-refractivity contribution >= 4 is 17.9 Å². The van der Waals surface area contributed by atoms with Crippen LogP contribution in [-0.4, -0.2) is 37.2 Å². The van der Waals surface area contributed by atoms with Gasteiger partial charge in [0.05, 0.1) is 0 Å². The molecule has 0 fully saturated rings. The molecular weight excluding hydrogens is 1020 g/mol. The fourth-order valence-electron chi connectivity index (χ4n) is 9.94. The van der Waals surface area contributed by atoms with Crippen molar-refractivity contribution in [1.82, 2.24) is 0 Å². The maximum Gasteiger partial charge on any atom is 0.306 e. The summed E-state index contributed by atoms with van der Waals surface area (Å²) >= 11 is 0. The highest BCUT2D eigenvalue weighted by Crippen LogP contribution is 2.16. The minimum absolute atomic E-state index is 0.0874. The lowest BCUT2D eigenvalue weighted by molar-refractivity contribution is -0.167. The molecular formula is C77H132O6. The monoisotopic (exact) mass is 1150 g/mol. The van der Waals surface area contributed by atoms with Crippen LogP contribution < -0.4 is 0 Å². The highest BCUT2D eigenvalue weighted by atomic mass is 16.6. The van der Waals surface area contributed by atoms with Crippen molar-refractivity contribution in [3.8, 4) is 0 Å². The summed E-state index contributed by atoms with van der Waals surface area (Å²) in [6.45, 7) is 6.52. The van der Waals surface area contributed by atoms with Gasteiger partial charge >= 0.3 is 17.9 Å². The van der Waals surface area contributed by atoms with Crippen molar-refractivity contribution in [1.29, 1.82) is 0 Å². The van der Waals surface area contributed by atoms with E-state index in [-0.39, 0.29) is 31.1 Å². The lowest BCUT2D eigenvalue weighted by atomic mass is 10.0. The molecule has 1 unspecified atom stereocenters. The molecule has 0 spiro atoms. The second-order valence-electron chi connectivity index (χ2n) is 23.4. The first-order valence-corrected chi connectivity index (χ1v) is 35.4. The van der Waals surface area contributed by atoms with Gasteiger partial charge in [-0.2, -0.15) is 0 Å². The first-order chi connectivity index (χ1) is 41.0. The number of unbranched alkanes of at least 4 members (excludes halogenated alkanes) is 35. The molecule has 0 aromatic carbocycles. The molecule has 0 aromatic rings. The Labute approximate surface area is 514 Å². The first-order valence-electron chi connectivity index (χ1n) is 35.4. The quantitative estimate of drug-likeness (QED) is 0.0261. The van der Waals surface area contributed by atoms with Crippen LogP contribution in [0.4, 0.5) is 0 Å². The molecule has 0 aliphatic rings. The van der Waals surface area contributed by atoms with Crippen molar-refractivity contribution < 1.29 is 28.6 Å². The molecule has 0 radical (unpaired) electrons. The molecule has 83 heavy (non-hydrogen) atoms. The van der Waals surface area contributed by atoms with E-state index in [4.69, 9.17) is 14.2 Å². The third kappa shape index (κ3) is 68.7. The number of hydrogen-bond acceptors (Lipinski definition) is 6. The summed E-state index contributed by atoms with van der Waals surface area (Å²) in [5.74, 6) is -0.897. The van der Waals surface area contributed by atoms with E-state index in [0.717, 1.165) is 122 Å². The number of esters is 3. The van der Waals surface area contributed by atoms with E-state index in [1.165, 1.54) is 180 Å². The average molecular weight is 1150 g/mol. The smallest absolute Gasteiger partial charge is 0.306 e. The third-order valence-corrected chi connectivity index (χ3v) is 15.2. The zero-order chi connectivity index (χ0) is 59.9. The summed E-state index contributed by atoms with van der Waals surface area (Å²) in [5, 5.41) is 0. The van der Waals surface area contributed by atoms with Crippen LogP contribution in [0.3, 0.4) is 0 Å². The number of carbonyl (C=O) groups is 3. The van der Waals surface area contributed by atoms with Crippen LogP contribution in [0, 0.1) is 0 Å². The van der Waals surface area contributed by atoms with Gasteiger partial charge in [-0.1, -0.05) is 304 Å². The Morgan fingerprint density at radius 3 is 0.735 bits per heavy atom. The molecule has 0 aromatic heterocycles. The van der Waals surface area contributed by atoms with E-state index in [2.05, 4.69) is 130 Å². The summed E-state index contributed by atoms with van der Waals surface area (Å²) in [6.07, 6.45) is 96.7. The van der Waals surface area contributed by atoms with Crippen molar-refractivity contribution in [2.45, 2.75) is 348 Å². The Morgan fingerprint density at radius 1 is 0.253 bits per heavy atom. The van der Waals surface area contributed by atoms with E-state index in [1.807, 2.05) is 0 Å². The number of carbonyl (C=O) groups excluding carboxylic acids is 3. The van der Waals surface area contributed by atoms with Crippen molar-refractivity contribution in [3.05, 3.63) is 109 Å². The number of rotatable bonds is 64. The van der Waals surface area contributed by atoms with Crippen molar-refractivity contribution in [2.24, 2.45) is 0 Å². The van der Waals surface area contributed by atoms with Gasteiger partial charge in [-0.15, -0.1) is 0 Å². The minimum atomic E-state index is -0.793. The molecule has 0 aliphatic carbocycles. The van der Waals surface area contributed by atoms with Crippen molar-refractivity contribution in [3.63, 3.8) is 0 Å². The largest absolute Gasteiger partial charge is 0.462 e. The zero-order valence-electron chi connectivity index (χ0n) is 54.7. The number of allylic oxidation sites excluding steroid dienone is 18. The predicted molar refractivity (Wildman–Crippen MR) is 362 cm³/mol. The van der Waals surface area contributed by atoms with Crippen molar-refractivity contribution in [2.75, 3.05) is 13.2 Å². The second-order valence-corrected chi connectivity index (χ2v) is 23.4. The molecule has 0 amide bonds. The summed E-state index contributed by atoms with van der Waals surface area (Å²) in [6, 6.07) is 0. The number of hydrogen-bond donors (Lipinski definition) is 0. The van der Waals surface area contributed by atoms with Gasteiger partial charge in [0.1, 0.15) is 13.2 Å². The Morgan fingerprint density at radius 2 is 0.470 bits per heavy atom. The van der Waals surface area contributed by atoms with E-state index in [0.29, 0.717) is 19.3 Å². The molecule has 0 N–H and O–H groups in total. The average Bonchev–Trinajstić information content (AvgIpc) is 3.49. The van der Waals surface area contributed by atoms with Crippen LogP contribution in [0.15, 0.2) is 109 Å². The van der Waals surface area contributed by atoms with Crippen LogP contribution in [0.5, 0.6) is 0 Å². The molecule has 0 heterocycles. The molecule has 0 rings (SSSR count).